The molecule has 1 aromatic rings. The standard InChI is InChI=1S/C11H13N5O6S.C2HF3O2/c12-7-5-16(10(7)19)11(20)14-23(21,22)15-13-4-6-1-2-8(17)9(18)3-6;3-2(4,5)1(6)7/h1-4,7,15,17-18H,5,12H2,(H,14,20);(H,6,7)/t7-;/m0./s1. The molecule has 0 bridgehead atoms. The lowest BCUT2D eigenvalue weighted by atomic mass is 10.1. The SMILES string of the molecule is N[C@H]1CN(C(=O)NS(=O)(=O)NN=Cc2ccc(O)c(O)c2)C1=O.O=C(O)C(F)(F)F. The second-order valence-corrected chi connectivity index (χ2v) is 6.76. The molecule has 1 saturated heterocycles. The average Bonchev–Trinajstić information content (AvgIpc) is 2.61. The largest absolute Gasteiger partial charge is 0.504 e. The van der Waals surface area contributed by atoms with Crippen LogP contribution in [-0.4, -0.2) is 71.5 Å². The topological polar surface area (TPSA) is 212 Å². The number of carboxylic acid groups (broad SMARTS) is 1. The molecule has 0 aromatic heterocycles. The number of hydrazone groups is 1. The third kappa shape index (κ3) is 7.09. The van der Waals surface area contributed by atoms with Gasteiger partial charge in [0.1, 0.15) is 6.04 Å². The smallest absolute Gasteiger partial charge is 0.490 e. The first kappa shape index (κ1) is 24.4. The Bertz CT molecular complexity index is 966. The number of aliphatic carboxylic acids is 1. The van der Waals surface area contributed by atoms with Crippen LogP contribution in [0.2, 0.25) is 0 Å². The number of hydrogen-bond acceptors (Lipinski definition) is 9. The minimum absolute atomic E-state index is 0.0732. The van der Waals surface area contributed by atoms with Gasteiger partial charge in [0.25, 0.3) is 0 Å². The van der Waals surface area contributed by atoms with E-state index in [0.29, 0.717) is 10.5 Å². The van der Waals surface area contributed by atoms with Gasteiger partial charge in [0.2, 0.25) is 5.91 Å². The predicted molar refractivity (Wildman–Crippen MR) is 91.3 cm³/mol. The molecule has 1 atom stereocenters. The van der Waals surface area contributed by atoms with Crippen molar-refractivity contribution in [1.29, 1.82) is 0 Å². The summed E-state index contributed by atoms with van der Waals surface area (Å²) in [7, 11) is -4.33. The van der Waals surface area contributed by atoms with Gasteiger partial charge in [-0.1, -0.05) is 0 Å². The van der Waals surface area contributed by atoms with E-state index in [0.717, 1.165) is 12.3 Å². The lowest BCUT2D eigenvalue weighted by molar-refractivity contribution is -0.192. The van der Waals surface area contributed by atoms with Crippen LogP contribution in [0.5, 0.6) is 11.5 Å². The monoisotopic (exact) mass is 457 g/mol. The predicted octanol–water partition coefficient (Wildman–Crippen LogP) is -1.22. The van der Waals surface area contributed by atoms with E-state index in [1.54, 1.807) is 9.55 Å². The zero-order valence-electron chi connectivity index (χ0n) is 14.5. The van der Waals surface area contributed by atoms with Crippen LogP contribution < -0.4 is 15.3 Å². The molecule has 7 N–H and O–H groups in total. The highest BCUT2D eigenvalue weighted by molar-refractivity contribution is 7.88. The summed E-state index contributed by atoms with van der Waals surface area (Å²) in [6.45, 7) is -0.0732. The number of halogens is 3. The Morgan fingerprint density at radius 1 is 1.27 bits per heavy atom. The fourth-order valence-corrected chi connectivity index (χ4v) is 2.20. The molecule has 0 aliphatic carbocycles. The first-order valence-corrected chi connectivity index (χ1v) is 8.88. The second-order valence-electron chi connectivity index (χ2n) is 5.37. The number of carbonyl (C=O) groups excluding carboxylic acids is 2. The highest BCUT2D eigenvalue weighted by atomic mass is 32.2. The van der Waals surface area contributed by atoms with Gasteiger partial charge in [0.05, 0.1) is 12.8 Å². The van der Waals surface area contributed by atoms with Crippen molar-refractivity contribution in [2.45, 2.75) is 12.2 Å². The molecular weight excluding hydrogens is 443 g/mol. The number of β-lactam (4-membered cyclic amide) rings is 1. The van der Waals surface area contributed by atoms with Crippen molar-refractivity contribution in [2.75, 3.05) is 6.54 Å². The summed E-state index contributed by atoms with van der Waals surface area (Å²) in [5.41, 5.74) is 5.57. The Morgan fingerprint density at radius 2 is 1.83 bits per heavy atom. The van der Waals surface area contributed by atoms with E-state index in [1.165, 1.54) is 12.1 Å². The van der Waals surface area contributed by atoms with Crippen LogP contribution in [0.25, 0.3) is 0 Å². The maximum absolute atomic E-state index is 11.6. The summed E-state index contributed by atoms with van der Waals surface area (Å²) in [5.74, 6) is -4.18. The molecular formula is C13H14F3N5O8S. The van der Waals surface area contributed by atoms with E-state index in [9.17, 15) is 36.3 Å². The number of carboxylic acids is 1. The van der Waals surface area contributed by atoms with E-state index >= 15 is 0 Å². The highest BCUT2D eigenvalue weighted by Crippen LogP contribution is 2.23. The van der Waals surface area contributed by atoms with E-state index < -0.39 is 46.1 Å². The molecule has 0 radical (unpaired) electrons. The number of rotatable bonds is 4. The quantitative estimate of drug-likeness (QED) is 0.138. The third-order valence-electron chi connectivity index (χ3n) is 3.06. The molecule has 166 valence electrons. The Morgan fingerprint density at radius 3 is 2.27 bits per heavy atom. The number of nitrogens with one attached hydrogen (secondary N) is 2. The summed E-state index contributed by atoms with van der Waals surface area (Å²) >= 11 is 0. The van der Waals surface area contributed by atoms with E-state index in [2.05, 4.69) is 5.10 Å². The third-order valence-corrected chi connectivity index (χ3v) is 3.85. The summed E-state index contributed by atoms with van der Waals surface area (Å²) in [6, 6.07) is 1.75. The summed E-state index contributed by atoms with van der Waals surface area (Å²) in [5, 5.41) is 28.9. The maximum Gasteiger partial charge on any atom is 0.490 e. The summed E-state index contributed by atoms with van der Waals surface area (Å²) in [6.07, 6.45) is -4.05. The fourth-order valence-electron chi connectivity index (χ4n) is 1.62. The molecule has 0 unspecified atom stereocenters. The van der Waals surface area contributed by atoms with Crippen molar-refractivity contribution >= 4 is 34.3 Å². The molecule has 13 nitrogen and oxygen atoms in total. The number of amides is 3. The van der Waals surface area contributed by atoms with Crippen LogP contribution >= 0.6 is 0 Å². The van der Waals surface area contributed by atoms with Crippen molar-refractivity contribution in [3.8, 4) is 11.5 Å². The average molecular weight is 457 g/mol. The zero-order chi connectivity index (χ0) is 23.3. The molecule has 17 heteroatoms. The number of nitrogens with zero attached hydrogens (tertiary/aromatic N) is 2. The molecule has 0 spiro atoms. The first-order chi connectivity index (χ1) is 13.6. The number of hydrogen-bond donors (Lipinski definition) is 6. The minimum Gasteiger partial charge on any atom is -0.504 e. The van der Waals surface area contributed by atoms with Crippen LogP contribution in [0.3, 0.4) is 0 Å². The van der Waals surface area contributed by atoms with Crippen LogP contribution in [0, 0.1) is 0 Å². The van der Waals surface area contributed by atoms with Crippen molar-refractivity contribution in [1.82, 2.24) is 14.5 Å². The number of phenols is 2. The van der Waals surface area contributed by atoms with Gasteiger partial charge in [-0.3, -0.25) is 9.69 Å². The van der Waals surface area contributed by atoms with Crippen molar-refractivity contribution < 1.29 is 51.3 Å². The molecule has 1 aromatic carbocycles. The lowest BCUT2D eigenvalue weighted by Gasteiger charge is -2.33. The Labute approximate surface area is 165 Å². The van der Waals surface area contributed by atoms with E-state index in [-0.39, 0.29) is 12.3 Å². The van der Waals surface area contributed by atoms with Crippen molar-refractivity contribution in [2.24, 2.45) is 10.8 Å². The molecule has 3 amide bonds. The van der Waals surface area contributed by atoms with Gasteiger partial charge in [-0.2, -0.15) is 31.5 Å². The number of benzene rings is 1. The Balaban J connectivity index is 0.000000553. The molecule has 2 rings (SSSR count). The zero-order valence-corrected chi connectivity index (χ0v) is 15.3. The second kappa shape index (κ2) is 9.27. The Kier molecular flexibility index (Phi) is 7.55. The van der Waals surface area contributed by atoms with E-state index in [1.807, 2.05) is 0 Å². The maximum atomic E-state index is 11.6. The van der Waals surface area contributed by atoms with Gasteiger partial charge in [0.15, 0.2) is 11.5 Å². The fraction of sp³-hybridized carbons (Fsp3) is 0.231. The molecule has 1 aliphatic rings. The number of phenolic OH excluding ortho intramolecular Hbond substituents is 2. The summed E-state index contributed by atoms with van der Waals surface area (Å²) < 4.78 is 56.5. The molecule has 1 heterocycles. The molecule has 30 heavy (non-hydrogen) atoms. The van der Waals surface area contributed by atoms with Gasteiger partial charge >= 0.3 is 28.4 Å². The molecule has 1 aliphatic heterocycles. The van der Waals surface area contributed by atoms with E-state index in [4.69, 9.17) is 20.7 Å². The van der Waals surface area contributed by atoms with Crippen LogP contribution in [-0.2, 0) is 19.8 Å². The number of aromatic hydroxyl groups is 2. The number of urea groups is 1. The Hall–Kier alpha value is -3.60. The van der Waals surface area contributed by atoms with Gasteiger partial charge < -0.3 is 21.1 Å². The van der Waals surface area contributed by atoms with Crippen molar-refractivity contribution in [3.05, 3.63) is 23.8 Å². The van der Waals surface area contributed by atoms with Crippen LogP contribution in [0.15, 0.2) is 23.3 Å². The van der Waals surface area contributed by atoms with Crippen LogP contribution in [0.4, 0.5) is 18.0 Å². The normalized spacial score (nSPS) is 16.3. The van der Waals surface area contributed by atoms with Gasteiger partial charge in [0, 0.05) is 0 Å². The minimum atomic E-state index is -5.08. The van der Waals surface area contributed by atoms with Gasteiger partial charge in [-0.05, 0) is 23.8 Å². The highest BCUT2D eigenvalue weighted by Gasteiger charge is 2.39. The van der Waals surface area contributed by atoms with Gasteiger partial charge in [-0.15, -0.1) is 0 Å². The van der Waals surface area contributed by atoms with Crippen molar-refractivity contribution in [3.63, 3.8) is 0 Å². The molecule has 1 fully saturated rings. The first-order valence-electron chi connectivity index (χ1n) is 7.39. The number of alkyl halides is 3. The summed E-state index contributed by atoms with van der Waals surface area (Å²) in [4.78, 5) is 34.0. The molecule has 0 saturated carbocycles. The number of carbonyl (C=O) groups is 3. The number of likely N-dealkylation sites (tertiary alicyclic amines) is 1. The number of imide groups is 1. The van der Waals surface area contributed by atoms with Crippen LogP contribution in [0.1, 0.15) is 5.56 Å². The lowest BCUT2D eigenvalue weighted by Crippen LogP contribution is -2.65. The van der Waals surface area contributed by atoms with Gasteiger partial charge in [-0.25, -0.2) is 14.3 Å². The number of nitrogens with two attached hydrogens (primary N) is 1.